The summed E-state index contributed by atoms with van der Waals surface area (Å²) in [5.41, 5.74) is 6.30. The van der Waals surface area contributed by atoms with Crippen molar-refractivity contribution in [3.8, 4) is 6.07 Å². The Morgan fingerprint density at radius 3 is 2.52 bits per heavy atom. The smallest absolute Gasteiger partial charge is 0.263 e. The van der Waals surface area contributed by atoms with Crippen LogP contribution in [0.4, 0.5) is 11.4 Å². The summed E-state index contributed by atoms with van der Waals surface area (Å²) >= 11 is 6.43. The van der Waals surface area contributed by atoms with E-state index in [2.05, 4.69) is 36.6 Å². The number of benzene rings is 2. The van der Waals surface area contributed by atoms with Crippen LogP contribution in [0.5, 0.6) is 0 Å². The van der Waals surface area contributed by atoms with E-state index in [0.717, 1.165) is 0 Å². The fourth-order valence-corrected chi connectivity index (χ4v) is 4.21. The Morgan fingerprint density at radius 1 is 1.14 bits per heavy atom. The topological polar surface area (TPSA) is 96.0 Å². The van der Waals surface area contributed by atoms with Gasteiger partial charge in [0.1, 0.15) is 11.0 Å². The van der Waals surface area contributed by atoms with Crippen LogP contribution in [0.3, 0.4) is 0 Å². The predicted octanol–water partition coefficient (Wildman–Crippen LogP) is 3.47. The van der Waals surface area contributed by atoms with Crippen molar-refractivity contribution in [1.82, 2.24) is 0 Å². The maximum Gasteiger partial charge on any atom is 0.263 e. The van der Waals surface area contributed by atoms with Gasteiger partial charge >= 0.3 is 0 Å². The Hall–Kier alpha value is -1.56. The number of nitriles is 1. The van der Waals surface area contributed by atoms with Gasteiger partial charge in [0, 0.05) is 14.6 Å². The van der Waals surface area contributed by atoms with Crippen LogP contribution in [-0.2, 0) is 10.0 Å². The van der Waals surface area contributed by atoms with Crippen molar-refractivity contribution >= 4 is 53.3 Å². The highest BCUT2D eigenvalue weighted by Gasteiger charge is 2.19. The lowest BCUT2D eigenvalue weighted by atomic mass is 10.2. The minimum absolute atomic E-state index is 0.0672. The second kappa shape index (κ2) is 6.05. The zero-order valence-corrected chi connectivity index (χ0v) is 14.5. The molecule has 0 amide bonds. The SMILES string of the molecule is N#Cc1cc(N)ccc1NS(=O)(=O)c1cc(Br)ccc1Br. The molecule has 108 valence electrons. The van der Waals surface area contributed by atoms with Crippen molar-refractivity contribution < 1.29 is 8.42 Å². The Bertz CT molecular complexity index is 845. The van der Waals surface area contributed by atoms with Gasteiger partial charge in [-0.25, -0.2) is 8.42 Å². The highest BCUT2D eigenvalue weighted by molar-refractivity contribution is 9.11. The van der Waals surface area contributed by atoms with Crippen molar-refractivity contribution in [1.29, 1.82) is 5.26 Å². The average molecular weight is 431 g/mol. The zero-order valence-electron chi connectivity index (χ0n) is 10.5. The third-order valence-corrected chi connectivity index (χ3v) is 5.44. The molecule has 2 aromatic carbocycles. The van der Waals surface area contributed by atoms with Crippen molar-refractivity contribution in [3.05, 3.63) is 50.9 Å². The van der Waals surface area contributed by atoms with Gasteiger partial charge in [-0.05, 0) is 52.3 Å². The Kier molecular flexibility index (Phi) is 4.56. The molecule has 8 heteroatoms. The van der Waals surface area contributed by atoms with Gasteiger partial charge in [0.15, 0.2) is 0 Å². The van der Waals surface area contributed by atoms with Gasteiger partial charge in [-0.1, -0.05) is 15.9 Å². The minimum atomic E-state index is -3.83. The summed E-state index contributed by atoms with van der Waals surface area (Å²) in [7, 11) is -3.83. The largest absolute Gasteiger partial charge is 0.399 e. The molecule has 0 unspecified atom stereocenters. The standard InChI is InChI=1S/C13H9Br2N3O2S/c14-9-1-3-11(15)13(6-9)21(19,20)18-12-4-2-10(17)5-8(12)7-16/h1-6,18H,17H2. The normalized spacial score (nSPS) is 10.9. The Morgan fingerprint density at radius 2 is 1.86 bits per heavy atom. The van der Waals surface area contributed by atoms with Crippen LogP contribution in [0.2, 0.25) is 0 Å². The van der Waals surface area contributed by atoms with Crippen LogP contribution < -0.4 is 10.5 Å². The van der Waals surface area contributed by atoms with Gasteiger partial charge in [0.05, 0.1) is 11.3 Å². The van der Waals surface area contributed by atoms with E-state index in [9.17, 15) is 8.42 Å². The summed E-state index contributed by atoms with van der Waals surface area (Å²) in [4.78, 5) is 0.0672. The number of rotatable bonds is 3. The van der Waals surface area contributed by atoms with Gasteiger partial charge in [0.2, 0.25) is 0 Å². The summed E-state index contributed by atoms with van der Waals surface area (Å²) in [5, 5.41) is 9.05. The molecule has 0 spiro atoms. The summed E-state index contributed by atoms with van der Waals surface area (Å²) in [6, 6.07) is 11.1. The molecular weight excluding hydrogens is 422 g/mol. The monoisotopic (exact) mass is 429 g/mol. The summed E-state index contributed by atoms with van der Waals surface area (Å²) in [5.74, 6) is 0. The molecule has 0 aromatic heterocycles. The highest BCUT2D eigenvalue weighted by Crippen LogP contribution is 2.28. The summed E-state index contributed by atoms with van der Waals surface area (Å²) < 4.78 is 28.3. The second-order valence-electron chi connectivity index (χ2n) is 4.10. The van der Waals surface area contributed by atoms with E-state index < -0.39 is 10.0 Å². The number of nitrogens with two attached hydrogens (primary N) is 1. The van der Waals surface area contributed by atoms with Crippen LogP contribution >= 0.6 is 31.9 Å². The van der Waals surface area contributed by atoms with E-state index in [4.69, 9.17) is 11.0 Å². The lowest BCUT2D eigenvalue weighted by molar-refractivity contribution is 0.600. The van der Waals surface area contributed by atoms with Gasteiger partial charge in [-0.3, -0.25) is 4.72 Å². The molecule has 0 saturated heterocycles. The number of anilines is 2. The lowest BCUT2D eigenvalue weighted by Crippen LogP contribution is -2.14. The quantitative estimate of drug-likeness (QED) is 0.728. The molecule has 2 aromatic rings. The third kappa shape index (κ3) is 3.56. The van der Waals surface area contributed by atoms with E-state index in [1.54, 1.807) is 12.1 Å². The molecule has 0 saturated carbocycles. The third-order valence-electron chi connectivity index (χ3n) is 2.59. The molecule has 0 atom stereocenters. The predicted molar refractivity (Wildman–Crippen MR) is 88.2 cm³/mol. The maximum absolute atomic E-state index is 12.4. The molecule has 5 nitrogen and oxygen atoms in total. The molecule has 0 heterocycles. The fraction of sp³-hybridized carbons (Fsp3) is 0. The number of hydrogen-bond acceptors (Lipinski definition) is 4. The molecule has 2 rings (SSSR count). The van der Waals surface area contributed by atoms with E-state index >= 15 is 0 Å². The first-order valence-corrected chi connectivity index (χ1v) is 8.68. The van der Waals surface area contributed by atoms with Gasteiger partial charge in [-0.2, -0.15) is 5.26 Å². The van der Waals surface area contributed by atoms with Gasteiger partial charge in [-0.15, -0.1) is 0 Å². The van der Waals surface area contributed by atoms with Crippen LogP contribution in [0.25, 0.3) is 0 Å². The first kappa shape index (κ1) is 15.8. The Balaban J connectivity index is 2.48. The van der Waals surface area contributed by atoms with Crippen LogP contribution in [0.15, 0.2) is 50.2 Å². The number of nitrogens with zero attached hydrogens (tertiary/aromatic N) is 1. The van der Waals surface area contributed by atoms with Crippen molar-refractivity contribution in [2.24, 2.45) is 0 Å². The van der Waals surface area contributed by atoms with E-state index in [1.165, 1.54) is 24.3 Å². The van der Waals surface area contributed by atoms with Crippen molar-refractivity contribution in [3.63, 3.8) is 0 Å². The molecular formula is C13H9Br2N3O2S. The molecule has 0 aliphatic heterocycles. The molecule has 0 radical (unpaired) electrons. The molecule has 0 bridgehead atoms. The van der Waals surface area contributed by atoms with Crippen LogP contribution in [0, 0.1) is 11.3 Å². The number of nitrogens with one attached hydrogen (secondary N) is 1. The van der Waals surface area contributed by atoms with E-state index in [-0.39, 0.29) is 16.1 Å². The first-order valence-electron chi connectivity index (χ1n) is 5.61. The van der Waals surface area contributed by atoms with Crippen molar-refractivity contribution in [2.45, 2.75) is 4.90 Å². The van der Waals surface area contributed by atoms with E-state index in [1.807, 2.05) is 6.07 Å². The summed E-state index contributed by atoms with van der Waals surface area (Å²) in [6.45, 7) is 0. The zero-order chi connectivity index (χ0) is 15.6. The summed E-state index contributed by atoms with van der Waals surface area (Å²) in [6.07, 6.45) is 0. The van der Waals surface area contributed by atoms with Crippen LogP contribution in [-0.4, -0.2) is 8.42 Å². The average Bonchev–Trinajstić information content (AvgIpc) is 2.43. The highest BCUT2D eigenvalue weighted by atomic mass is 79.9. The maximum atomic E-state index is 12.4. The number of sulfonamides is 1. The number of hydrogen-bond donors (Lipinski definition) is 2. The molecule has 0 aliphatic carbocycles. The minimum Gasteiger partial charge on any atom is -0.399 e. The lowest BCUT2D eigenvalue weighted by Gasteiger charge is -2.11. The molecule has 0 aliphatic rings. The van der Waals surface area contributed by atoms with Gasteiger partial charge in [0.25, 0.3) is 10.0 Å². The number of nitrogen functional groups attached to an aromatic ring is 1. The second-order valence-corrected chi connectivity index (χ2v) is 7.52. The first-order chi connectivity index (χ1) is 9.83. The molecule has 3 N–H and O–H groups in total. The molecule has 21 heavy (non-hydrogen) atoms. The Labute approximate surface area is 139 Å². The van der Waals surface area contributed by atoms with E-state index in [0.29, 0.717) is 14.6 Å². The molecule has 0 fully saturated rings. The fourth-order valence-electron chi connectivity index (χ4n) is 1.63. The van der Waals surface area contributed by atoms with Crippen LogP contribution in [0.1, 0.15) is 5.56 Å². The van der Waals surface area contributed by atoms with Crippen molar-refractivity contribution in [2.75, 3.05) is 10.5 Å². The van der Waals surface area contributed by atoms with Gasteiger partial charge < -0.3 is 5.73 Å². The number of halogens is 2.